The summed E-state index contributed by atoms with van der Waals surface area (Å²) >= 11 is 0. The van der Waals surface area contributed by atoms with Crippen LogP contribution in [0.15, 0.2) is 0 Å². The van der Waals surface area contributed by atoms with E-state index in [2.05, 4.69) is 27.7 Å². The summed E-state index contributed by atoms with van der Waals surface area (Å²) in [4.78, 5) is 0. The molecule has 0 bridgehead atoms. The standard InChI is InChI=1S/C40H84N/c1-5-9-13-16-19-22-25-28-31-34-38-41(37-12-8-4,39-35-32-29-26-23-20-17-14-10-6-2)40-36-33-30-27-24-21-18-15-11-7-3/h5-40H2,1-4H3/q+1. The van der Waals surface area contributed by atoms with Crippen LogP contribution in [0.5, 0.6) is 0 Å². The van der Waals surface area contributed by atoms with Crippen LogP contribution in [0.25, 0.3) is 0 Å². The van der Waals surface area contributed by atoms with Gasteiger partial charge in [0.05, 0.1) is 26.2 Å². The third kappa shape index (κ3) is 29.8. The van der Waals surface area contributed by atoms with E-state index in [1.165, 1.54) is 236 Å². The monoisotopic (exact) mass is 579 g/mol. The van der Waals surface area contributed by atoms with Crippen LogP contribution >= 0.6 is 0 Å². The highest BCUT2D eigenvalue weighted by Gasteiger charge is 2.25. The molecule has 1 nitrogen and oxygen atoms in total. The number of rotatable bonds is 36. The topological polar surface area (TPSA) is 0 Å². The maximum atomic E-state index is 2.41. The zero-order valence-electron chi connectivity index (χ0n) is 29.9. The van der Waals surface area contributed by atoms with Gasteiger partial charge in [-0.1, -0.05) is 188 Å². The summed E-state index contributed by atoms with van der Waals surface area (Å²) in [6.07, 6.45) is 46.7. The Hall–Kier alpha value is -0.0400. The fourth-order valence-corrected chi connectivity index (χ4v) is 6.97. The van der Waals surface area contributed by atoms with Gasteiger partial charge in [0.2, 0.25) is 0 Å². The molecule has 0 saturated carbocycles. The second-order valence-electron chi connectivity index (χ2n) is 14.1. The number of hydrogen-bond donors (Lipinski definition) is 0. The van der Waals surface area contributed by atoms with Crippen molar-refractivity contribution in [2.45, 2.75) is 233 Å². The van der Waals surface area contributed by atoms with E-state index in [1.807, 2.05) is 0 Å². The Labute approximate surface area is 263 Å². The number of nitrogens with zero attached hydrogens (tertiary/aromatic N) is 1. The molecule has 0 aromatic carbocycles. The molecule has 41 heavy (non-hydrogen) atoms. The second-order valence-corrected chi connectivity index (χ2v) is 14.1. The summed E-state index contributed by atoms with van der Waals surface area (Å²) in [7, 11) is 0. The van der Waals surface area contributed by atoms with Crippen molar-refractivity contribution in [2.24, 2.45) is 0 Å². The molecule has 0 atom stereocenters. The van der Waals surface area contributed by atoms with Gasteiger partial charge in [-0.15, -0.1) is 0 Å². The molecule has 0 aliphatic carbocycles. The van der Waals surface area contributed by atoms with Crippen molar-refractivity contribution in [1.82, 2.24) is 0 Å². The lowest BCUT2D eigenvalue weighted by atomic mass is 10.0. The Morgan fingerprint density at radius 3 is 0.585 bits per heavy atom. The molecule has 0 saturated heterocycles. The van der Waals surface area contributed by atoms with Crippen molar-refractivity contribution < 1.29 is 4.48 Å². The van der Waals surface area contributed by atoms with Gasteiger partial charge in [0, 0.05) is 0 Å². The van der Waals surface area contributed by atoms with Gasteiger partial charge < -0.3 is 4.48 Å². The molecule has 0 radical (unpaired) electrons. The van der Waals surface area contributed by atoms with Crippen LogP contribution in [0.1, 0.15) is 233 Å². The minimum atomic E-state index is 1.37. The molecule has 248 valence electrons. The third-order valence-corrected chi connectivity index (χ3v) is 9.94. The molecule has 0 fully saturated rings. The number of unbranched alkanes of at least 4 members (excludes halogenated alkanes) is 28. The lowest BCUT2D eigenvalue weighted by Gasteiger charge is -2.39. The van der Waals surface area contributed by atoms with Crippen LogP contribution < -0.4 is 0 Å². The normalized spacial score (nSPS) is 12.0. The van der Waals surface area contributed by atoms with Crippen LogP contribution in [0.4, 0.5) is 0 Å². The third-order valence-electron chi connectivity index (χ3n) is 9.94. The highest BCUT2D eigenvalue weighted by atomic mass is 15.3. The Bertz CT molecular complexity index is 398. The van der Waals surface area contributed by atoms with Gasteiger partial charge in [-0.25, -0.2) is 0 Å². The molecular weight excluding hydrogens is 494 g/mol. The summed E-state index contributed by atoms with van der Waals surface area (Å²) in [6, 6.07) is 0. The Morgan fingerprint density at radius 2 is 0.366 bits per heavy atom. The van der Waals surface area contributed by atoms with Crippen LogP contribution in [0, 0.1) is 0 Å². The molecule has 1 heteroatoms. The van der Waals surface area contributed by atoms with E-state index in [-0.39, 0.29) is 0 Å². The molecule has 0 heterocycles. The van der Waals surface area contributed by atoms with E-state index in [0.29, 0.717) is 0 Å². The molecule has 0 N–H and O–H groups in total. The lowest BCUT2D eigenvalue weighted by Crippen LogP contribution is -2.50. The molecule has 0 aliphatic heterocycles. The zero-order chi connectivity index (χ0) is 30.0. The van der Waals surface area contributed by atoms with Gasteiger partial charge in [0.15, 0.2) is 0 Å². The van der Waals surface area contributed by atoms with Crippen LogP contribution in [0.3, 0.4) is 0 Å². The van der Waals surface area contributed by atoms with E-state index in [9.17, 15) is 0 Å². The maximum absolute atomic E-state index is 2.41. The van der Waals surface area contributed by atoms with Crippen molar-refractivity contribution in [3.8, 4) is 0 Å². The largest absolute Gasteiger partial charge is 0.324 e. The highest BCUT2D eigenvalue weighted by Crippen LogP contribution is 2.21. The second kappa shape index (κ2) is 34.5. The first kappa shape index (κ1) is 41.0. The van der Waals surface area contributed by atoms with E-state index in [4.69, 9.17) is 0 Å². The molecule has 0 amide bonds. The van der Waals surface area contributed by atoms with Crippen molar-refractivity contribution in [2.75, 3.05) is 26.2 Å². The quantitative estimate of drug-likeness (QED) is 0.0512. The van der Waals surface area contributed by atoms with Gasteiger partial charge in [0.1, 0.15) is 0 Å². The van der Waals surface area contributed by atoms with Crippen LogP contribution in [0.2, 0.25) is 0 Å². The summed E-state index contributed by atoms with van der Waals surface area (Å²) < 4.78 is 1.47. The minimum absolute atomic E-state index is 1.37. The van der Waals surface area contributed by atoms with Crippen LogP contribution in [-0.2, 0) is 0 Å². The molecule has 0 spiro atoms. The summed E-state index contributed by atoms with van der Waals surface area (Å²) in [6.45, 7) is 15.3. The number of hydrogen-bond acceptors (Lipinski definition) is 0. The zero-order valence-corrected chi connectivity index (χ0v) is 29.9. The Kier molecular flexibility index (Phi) is 34.4. The maximum Gasteiger partial charge on any atom is 0.0786 e. The van der Waals surface area contributed by atoms with Crippen molar-refractivity contribution in [3.63, 3.8) is 0 Å². The Balaban J connectivity index is 4.47. The van der Waals surface area contributed by atoms with Gasteiger partial charge in [0.25, 0.3) is 0 Å². The Morgan fingerprint density at radius 1 is 0.195 bits per heavy atom. The average molecular weight is 579 g/mol. The molecule has 0 unspecified atom stereocenters. The lowest BCUT2D eigenvalue weighted by molar-refractivity contribution is -0.929. The molecule has 0 aromatic rings. The van der Waals surface area contributed by atoms with Crippen LogP contribution in [-0.4, -0.2) is 30.7 Å². The first-order chi connectivity index (χ1) is 20.2. The number of quaternary nitrogens is 1. The first-order valence-electron chi connectivity index (χ1n) is 20.1. The predicted octanol–water partition coefficient (Wildman–Crippen LogP) is 14.4. The van der Waals surface area contributed by atoms with Crippen molar-refractivity contribution in [3.05, 3.63) is 0 Å². The van der Waals surface area contributed by atoms with E-state index >= 15 is 0 Å². The van der Waals surface area contributed by atoms with Crippen molar-refractivity contribution in [1.29, 1.82) is 0 Å². The van der Waals surface area contributed by atoms with E-state index in [0.717, 1.165) is 0 Å². The average Bonchev–Trinajstić information content (AvgIpc) is 2.98. The summed E-state index contributed by atoms with van der Waals surface area (Å²) in [5.74, 6) is 0. The minimum Gasteiger partial charge on any atom is -0.324 e. The van der Waals surface area contributed by atoms with Gasteiger partial charge in [-0.2, -0.15) is 0 Å². The smallest absolute Gasteiger partial charge is 0.0786 e. The first-order valence-corrected chi connectivity index (χ1v) is 20.1. The molecule has 0 rings (SSSR count). The van der Waals surface area contributed by atoms with E-state index < -0.39 is 0 Å². The SMILES string of the molecule is CCCCCCCCCCCC[N+](CCCC)(CCCCCCCCCCCC)CCCCCCCCCCCC. The molecule has 0 aromatic heterocycles. The fourth-order valence-electron chi connectivity index (χ4n) is 6.97. The summed E-state index contributed by atoms with van der Waals surface area (Å²) in [5, 5.41) is 0. The molecule has 0 aliphatic rings. The van der Waals surface area contributed by atoms with Gasteiger partial charge in [-0.3, -0.25) is 0 Å². The molecular formula is C40H84N+. The fraction of sp³-hybridized carbons (Fsp3) is 1.00. The predicted molar refractivity (Wildman–Crippen MR) is 190 cm³/mol. The van der Waals surface area contributed by atoms with Crippen molar-refractivity contribution >= 4 is 0 Å². The summed E-state index contributed by atoms with van der Waals surface area (Å²) in [5.41, 5.74) is 0. The van der Waals surface area contributed by atoms with Gasteiger partial charge >= 0.3 is 0 Å². The van der Waals surface area contributed by atoms with E-state index in [1.54, 1.807) is 0 Å². The van der Waals surface area contributed by atoms with Gasteiger partial charge in [-0.05, 0) is 44.9 Å². The highest BCUT2D eigenvalue weighted by molar-refractivity contribution is 4.55.